The maximum absolute atomic E-state index is 2.54. The molecule has 0 aliphatic carbocycles. The van der Waals surface area contributed by atoms with Crippen LogP contribution in [-0.2, 0) is 12.5 Å². The van der Waals surface area contributed by atoms with Gasteiger partial charge < -0.3 is 14.4 Å². The Bertz CT molecular complexity index is 640. The fraction of sp³-hybridized carbons (Fsp3) is 0.556. The molecule has 0 unspecified atom stereocenters. The zero-order valence-corrected chi connectivity index (χ0v) is 14.0. The lowest BCUT2D eigenvalue weighted by Crippen LogP contribution is -2.44. The number of hydrogen-bond acceptors (Lipinski definition) is 2. The lowest BCUT2D eigenvalue weighted by Gasteiger charge is -2.33. The van der Waals surface area contributed by atoms with Crippen molar-refractivity contribution in [1.82, 2.24) is 9.47 Å². The summed E-state index contributed by atoms with van der Waals surface area (Å²) in [5.74, 6) is 0. The minimum absolute atomic E-state index is 0.198. The first kappa shape index (κ1) is 14.5. The number of likely N-dealkylation sites (N-methyl/N-ethyl adjacent to an activating group) is 1. The molecular weight excluding hydrogens is 258 g/mol. The fourth-order valence-corrected chi connectivity index (χ4v) is 3.14. The van der Waals surface area contributed by atoms with Crippen LogP contribution in [0.25, 0.3) is 10.9 Å². The number of benzene rings is 1. The molecule has 1 aliphatic rings. The highest BCUT2D eigenvalue weighted by Gasteiger charge is 2.20. The Morgan fingerprint density at radius 3 is 2.24 bits per heavy atom. The highest BCUT2D eigenvalue weighted by molar-refractivity contribution is 5.94. The zero-order chi connectivity index (χ0) is 15.2. The molecule has 1 aromatic heterocycles. The highest BCUT2D eigenvalue weighted by atomic mass is 15.3. The molecule has 0 atom stereocenters. The molecule has 1 aromatic carbocycles. The monoisotopic (exact) mass is 285 g/mol. The van der Waals surface area contributed by atoms with Gasteiger partial charge in [0, 0.05) is 50.3 Å². The standard InChI is InChI=1S/C18H27N3/c1-18(2,3)14-6-7-16-15(12-14)17(13-20(16)5)21-10-8-19(4)9-11-21/h6-7,12-13H,8-11H2,1-5H3. The van der Waals surface area contributed by atoms with Gasteiger partial charge in [0.25, 0.3) is 0 Å². The van der Waals surface area contributed by atoms with Crippen molar-refractivity contribution >= 4 is 16.6 Å². The van der Waals surface area contributed by atoms with Gasteiger partial charge in [-0.15, -0.1) is 0 Å². The molecule has 21 heavy (non-hydrogen) atoms. The van der Waals surface area contributed by atoms with Gasteiger partial charge in [0.05, 0.1) is 5.69 Å². The quantitative estimate of drug-likeness (QED) is 0.797. The van der Waals surface area contributed by atoms with Crippen LogP contribution in [0, 0.1) is 0 Å². The molecule has 0 bridgehead atoms. The van der Waals surface area contributed by atoms with Crippen molar-refractivity contribution in [3.05, 3.63) is 30.0 Å². The normalized spacial score (nSPS) is 17.7. The average Bonchev–Trinajstić information content (AvgIpc) is 2.76. The van der Waals surface area contributed by atoms with Crippen LogP contribution in [-0.4, -0.2) is 42.7 Å². The molecule has 114 valence electrons. The predicted molar refractivity (Wildman–Crippen MR) is 91.3 cm³/mol. The second-order valence-electron chi connectivity index (χ2n) is 7.40. The number of aromatic nitrogens is 1. The first-order valence-electron chi connectivity index (χ1n) is 7.89. The third kappa shape index (κ3) is 2.67. The lowest BCUT2D eigenvalue weighted by molar-refractivity contribution is 0.313. The van der Waals surface area contributed by atoms with Gasteiger partial charge in [-0.05, 0) is 30.2 Å². The van der Waals surface area contributed by atoms with Crippen molar-refractivity contribution in [3.63, 3.8) is 0 Å². The number of rotatable bonds is 1. The van der Waals surface area contributed by atoms with Gasteiger partial charge in [-0.2, -0.15) is 0 Å². The fourth-order valence-electron chi connectivity index (χ4n) is 3.14. The molecule has 0 N–H and O–H groups in total. The SMILES string of the molecule is CN1CCN(c2cn(C)c3ccc(C(C)(C)C)cc23)CC1. The van der Waals surface area contributed by atoms with E-state index in [-0.39, 0.29) is 5.41 Å². The van der Waals surface area contributed by atoms with Crippen molar-refractivity contribution in [2.45, 2.75) is 26.2 Å². The van der Waals surface area contributed by atoms with Crippen LogP contribution >= 0.6 is 0 Å². The second kappa shape index (κ2) is 5.06. The smallest absolute Gasteiger partial charge is 0.0627 e. The van der Waals surface area contributed by atoms with E-state index in [0.717, 1.165) is 26.2 Å². The van der Waals surface area contributed by atoms with E-state index in [0.29, 0.717) is 0 Å². The van der Waals surface area contributed by atoms with Gasteiger partial charge in [-0.1, -0.05) is 26.8 Å². The molecule has 0 spiro atoms. The van der Waals surface area contributed by atoms with Crippen molar-refractivity contribution in [2.75, 3.05) is 38.1 Å². The number of fused-ring (bicyclic) bond motifs is 1. The molecule has 1 saturated heterocycles. The van der Waals surface area contributed by atoms with Crippen LogP contribution in [0.2, 0.25) is 0 Å². The summed E-state index contributed by atoms with van der Waals surface area (Å²) in [6.45, 7) is 11.4. The molecule has 0 radical (unpaired) electrons. The maximum Gasteiger partial charge on any atom is 0.0627 e. The highest BCUT2D eigenvalue weighted by Crippen LogP contribution is 2.33. The van der Waals surface area contributed by atoms with Crippen molar-refractivity contribution in [1.29, 1.82) is 0 Å². The van der Waals surface area contributed by atoms with Crippen molar-refractivity contribution in [3.8, 4) is 0 Å². The van der Waals surface area contributed by atoms with Crippen LogP contribution in [0.4, 0.5) is 5.69 Å². The minimum atomic E-state index is 0.198. The summed E-state index contributed by atoms with van der Waals surface area (Å²) in [5.41, 5.74) is 4.34. The number of piperazine rings is 1. The summed E-state index contributed by atoms with van der Waals surface area (Å²) in [5, 5.41) is 1.40. The Balaban J connectivity index is 2.06. The molecule has 1 aliphatic heterocycles. The van der Waals surface area contributed by atoms with E-state index in [9.17, 15) is 0 Å². The summed E-state index contributed by atoms with van der Waals surface area (Å²) in [6.07, 6.45) is 2.29. The molecule has 3 nitrogen and oxygen atoms in total. The van der Waals surface area contributed by atoms with Gasteiger partial charge in [-0.3, -0.25) is 0 Å². The van der Waals surface area contributed by atoms with E-state index in [2.05, 4.69) is 73.6 Å². The summed E-state index contributed by atoms with van der Waals surface area (Å²) < 4.78 is 2.26. The topological polar surface area (TPSA) is 11.4 Å². The summed E-state index contributed by atoms with van der Waals surface area (Å²) >= 11 is 0. The number of anilines is 1. The summed E-state index contributed by atoms with van der Waals surface area (Å²) in [4.78, 5) is 4.94. The average molecular weight is 285 g/mol. The van der Waals surface area contributed by atoms with Crippen LogP contribution < -0.4 is 4.90 Å². The van der Waals surface area contributed by atoms with E-state index >= 15 is 0 Å². The molecule has 3 rings (SSSR count). The number of aryl methyl sites for hydroxylation is 1. The molecule has 3 heteroatoms. The molecule has 2 heterocycles. The van der Waals surface area contributed by atoms with E-state index in [1.165, 1.54) is 22.2 Å². The summed E-state index contributed by atoms with van der Waals surface area (Å²) in [6, 6.07) is 6.94. The molecular formula is C18H27N3. The second-order valence-corrected chi connectivity index (χ2v) is 7.40. The third-order valence-electron chi connectivity index (χ3n) is 4.68. The predicted octanol–water partition coefficient (Wildman–Crippen LogP) is 3.23. The Morgan fingerprint density at radius 2 is 1.62 bits per heavy atom. The zero-order valence-electron chi connectivity index (χ0n) is 14.0. The van der Waals surface area contributed by atoms with E-state index in [4.69, 9.17) is 0 Å². The largest absolute Gasteiger partial charge is 0.367 e. The molecule has 0 saturated carbocycles. The van der Waals surface area contributed by atoms with Gasteiger partial charge in [0.1, 0.15) is 0 Å². The number of hydrogen-bond donors (Lipinski definition) is 0. The molecule has 1 fully saturated rings. The van der Waals surface area contributed by atoms with Gasteiger partial charge in [0.15, 0.2) is 0 Å². The first-order valence-corrected chi connectivity index (χ1v) is 7.89. The van der Waals surface area contributed by atoms with E-state index in [1.54, 1.807) is 0 Å². The van der Waals surface area contributed by atoms with Crippen LogP contribution in [0.5, 0.6) is 0 Å². The first-order chi connectivity index (χ1) is 9.86. The molecule has 0 amide bonds. The molecule has 2 aromatic rings. The van der Waals surface area contributed by atoms with Crippen LogP contribution in [0.15, 0.2) is 24.4 Å². The van der Waals surface area contributed by atoms with Gasteiger partial charge >= 0.3 is 0 Å². The Labute approximate surface area is 128 Å². The van der Waals surface area contributed by atoms with Gasteiger partial charge in [0.2, 0.25) is 0 Å². The van der Waals surface area contributed by atoms with Crippen molar-refractivity contribution in [2.24, 2.45) is 7.05 Å². The van der Waals surface area contributed by atoms with Crippen LogP contribution in [0.1, 0.15) is 26.3 Å². The Kier molecular flexibility index (Phi) is 3.48. The Hall–Kier alpha value is -1.48. The lowest BCUT2D eigenvalue weighted by atomic mass is 9.86. The maximum atomic E-state index is 2.54. The summed E-state index contributed by atoms with van der Waals surface area (Å²) in [7, 11) is 4.36. The van der Waals surface area contributed by atoms with Gasteiger partial charge in [-0.25, -0.2) is 0 Å². The number of nitrogens with zero attached hydrogens (tertiary/aromatic N) is 3. The third-order valence-corrected chi connectivity index (χ3v) is 4.68. The van der Waals surface area contributed by atoms with E-state index < -0.39 is 0 Å². The van der Waals surface area contributed by atoms with E-state index in [1.807, 2.05) is 0 Å². The minimum Gasteiger partial charge on any atom is -0.367 e. The van der Waals surface area contributed by atoms with Crippen LogP contribution in [0.3, 0.4) is 0 Å². The van der Waals surface area contributed by atoms with Crippen molar-refractivity contribution < 1.29 is 0 Å². The Morgan fingerprint density at radius 1 is 0.952 bits per heavy atom.